The molecule has 5 rings (SSSR count). The van der Waals surface area contributed by atoms with Crippen molar-refractivity contribution in [2.75, 3.05) is 33.4 Å². The van der Waals surface area contributed by atoms with Gasteiger partial charge in [-0.3, -0.25) is 10.4 Å². The number of aromatic hydroxyl groups is 1. The lowest BCUT2D eigenvalue weighted by atomic mass is 9.99. The second-order valence-electron chi connectivity index (χ2n) is 10.4. The number of phenols is 1. The van der Waals surface area contributed by atoms with Crippen molar-refractivity contribution in [3.63, 3.8) is 0 Å². The number of likely N-dealkylation sites (N-methyl/N-ethyl adjacent to an activating group) is 1. The first-order valence-corrected chi connectivity index (χ1v) is 14.2. The minimum absolute atomic E-state index is 0.0843. The molecule has 0 bridgehead atoms. The van der Waals surface area contributed by atoms with E-state index in [1.54, 1.807) is 25.1 Å². The van der Waals surface area contributed by atoms with Crippen LogP contribution in [0.25, 0.3) is 0 Å². The summed E-state index contributed by atoms with van der Waals surface area (Å²) in [5.41, 5.74) is 6.30. The Morgan fingerprint density at radius 2 is 1.85 bits per heavy atom. The van der Waals surface area contributed by atoms with E-state index in [1.165, 1.54) is 12.1 Å². The third-order valence-corrected chi connectivity index (χ3v) is 7.23. The summed E-state index contributed by atoms with van der Waals surface area (Å²) in [6, 6.07) is 10.1. The van der Waals surface area contributed by atoms with E-state index in [4.69, 9.17) is 34.8 Å². The molecular weight excluding hydrogens is 612 g/mol. The third kappa shape index (κ3) is 6.66. The number of hydrogen-bond donors (Lipinski definition) is 6. The number of aromatic nitrogens is 1. The lowest BCUT2D eigenvalue weighted by Crippen LogP contribution is -2.61. The summed E-state index contributed by atoms with van der Waals surface area (Å²) in [5, 5.41) is 49.3. The van der Waals surface area contributed by atoms with Crippen molar-refractivity contribution in [2.24, 2.45) is 10.7 Å². The van der Waals surface area contributed by atoms with Gasteiger partial charge in [0.25, 0.3) is 11.8 Å². The highest BCUT2D eigenvalue weighted by molar-refractivity contribution is 6.00. The minimum atomic E-state index is -1.83. The Bertz CT molecular complexity index is 1630. The summed E-state index contributed by atoms with van der Waals surface area (Å²) < 4.78 is 59.6. The Morgan fingerprint density at radius 1 is 1.11 bits per heavy atom. The predicted molar refractivity (Wildman–Crippen MR) is 158 cm³/mol. The van der Waals surface area contributed by atoms with Crippen LogP contribution in [0, 0.1) is 17.0 Å². The molecule has 46 heavy (non-hydrogen) atoms. The summed E-state index contributed by atoms with van der Waals surface area (Å²) in [5.74, 6) is -6.41. The Labute approximate surface area is 261 Å². The van der Waals surface area contributed by atoms with Gasteiger partial charge < -0.3 is 54.7 Å². The fourth-order valence-electron chi connectivity index (χ4n) is 4.88. The maximum Gasteiger partial charge on any atom is 0.263 e. The first kappa shape index (κ1) is 32.8. The van der Waals surface area contributed by atoms with Crippen molar-refractivity contribution in [2.45, 2.75) is 37.6 Å². The van der Waals surface area contributed by atoms with Crippen molar-refractivity contribution in [3.8, 4) is 34.8 Å². The van der Waals surface area contributed by atoms with E-state index in [0.29, 0.717) is 24.5 Å². The molecule has 5 atom stereocenters. The van der Waals surface area contributed by atoms with Crippen molar-refractivity contribution in [3.05, 3.63) is 65.2 Å². The Kier molecular flexibility index (Phi) is 9.83. The van der Waals surface area contributed by atoms with E-state index in [1.807, 2.05) is 11.9 Å². The molecule has 5 unspecified atom stereocenters. The lowest BCUT2D eigenvalue weighted by molar-refractivity contribution is -0.296. The molecule has 14 nitrogen and oxygen atoms in total. The van der Waals surface area contributed by atoms with Crippen LogP contribution in [0.3, 0.4) is 0 Å². The Hall–Kier alpha value is -4.61. The van der Waals surface area contributed by atoms with Crippen molar-refractivity contribution in [1.82, 2.24) is 9.88 Å². The molecule has 0 spiro atoms. The first-order chi connectivity index (χ1) is 22.0. The molecule has 246 valence electrons. The molecule has 2 aromatic carbocycles. The van der Waals surface area contributed by atoms with Gasteiger partial charge in [0.05, 0.1) is 13.2 Å². The molecule has 0 saturated carbocycles. The van der Waals surface area contributed by atoms with Gasteiger partial charge in [0, 0.05) is 31.3 Å². The van der Waals surface area contributed by atoms with Gasteiger partial charge in [0.15, 0.2) is 23.9 Å². The van der Waals surface area contributed by atoms with Crippen LogP contribution in [0.1, 0.15) is 18.1 Å². The van der Waals surface area contributed by atoms with Crippen LogP contribution in [0.4, 0.5) is 8.78 Å². The number of nitrogen functional groups attached to an aromatic ring is 1. The van der Waals surface area contributed by atoms with E-state index in [0.717, 1.165) is 12.1 Å². The van der Waals surface area contributed by atoms with Gasteiger partial charge in [-0.25, -0.2) is 0 Å². The highest BCUT2D eigenvalue weighted by atomic mass is 19.1. The van der Waals surface area contributed by atoms with Crippen LogP contribution in [0.15, 0.2) is 47.5 Å². The molecule has 1 aromatic heterocycles. The molecule has 1 fully saturated rings. The van der Waals surface area contributed by atoms with Gasteiger partial charge in [-0.2, -0.15) is 13.8 Å². The van der Waals surface area contributed by atoms with Crippen molar-refractivity contribution < 1.29 is 52.9 Å². The normalized spacial score (nSPS) is 22.8. The van der Waals surface area contributed by atoms with E-state index in [2.05, 4.69) is 9.98 Å². The van der Waals surface area contributed by atoms with Crippen LogP contribution >= 0.6 is 0 Å². The number of aliphatic imine (C=N–C) groups is 1. The first-order valence-electron chi connectivity index (χ1n) is 14.2. The molecular formula is C30H33F2N5O9. The molecule has 0 amide bonds. The molecule has 7 N–H and O–H groups in total. The zero-order valence-corrected chi connectivity index (χ0v) is 24.8. The summed E-state index contributed by atoms with van der Waals surface area (Å²) in [7, 11) is 1.86. The largest absolute Gasteiger partial charge is 0.504 e. The topological polar surface area (TPSA) is 205 Å². The number of amidine groups is 2. The maximum atomic E-state index is 16.1. The molecule has 3 heterocycles. The number of phenolic OH excluding ortho intramolecular Hbond substituents is 1. The number of nitrogens with one attached hydrogen (secondary N) is 1. The average Bonchev–Trinajstić information content (AvgIpc) is 3.47. The number of halogens is 2. The van der Waals surface area contributed by atoms with Crippen LogP contribution in [-0.4, -0.2) is 106 Å². The Morgan fingerprint density at radius 3 is 2.50 bits per heavy atom. The highest BCUT2D eigenvalue weighted by Crippen LogP contribution is 2.41. The van der Waals surface area contributed by atoms with Crippen molar-refractivity contribution in [1.29, 1.82) is 5.41 Å². The molecule has 16 heteroatoms. The zero-order chi connectivity index (χ0) is 33.1. The number of rotatable bonds is 11. The number of benzene rings is 2. The maximum absolute atomic E-state index is 16.1. The van der Waals surface area contributed by atoms with Crippen LogP contribution in [0.5, 0.6) is 34.8 Å². The van der Waals surface area contributed by atoms with E-state index >= 15 is 8.78 Å². The van der Waals surface area contributed by atoms with Gasteiger partial charge in [0.2, 0.25) is 17.4 Å². The number of nitrogens with two attached hydrogens (primary N) is 1. The standard InChI is InChI=1S/C30H33F2N5O9/c1-3-42-30-23(41)22(40)24(19(13-38)45-30)46-25-20(31)28(43-16-6-4-5-15(11-16)27-35-9-10-37(27)2)36-29(21(25)32)44-18-12-14(26(33)34)7-8-17(18)39/h4-8,11-12,19,22-24,30,38-41H,3,9-10,13H2,1-2H3,(H3,33,34). The van der Waals surface area contributed by atoms with Gasteiger partial charge in [-0.05, 0) is 37.3 Å². The number of pyridine rings is 1. The van der Waals surface area contributed by atoms with E-state index in [-0.39, 0.29) is 23.8 Å². The van der Waals surface area contributed by atoms with E-state index in [9.17, 15) is 20.4 Å². The second kappa shape index (κ2) is 13.8. The number of aliphatic hydroxyl groups is 3. The molecule has 2 aliphatic rings. The smallest absolute Gasteiger partial charge is 0.263 e. The number of aliphatic hydroxyl groups excluding tert-OH is 3. The SMILES string of the molecule is CCOC1OC(CO)C(Oc2c(F)c(Oc3cccc(C4=NCCN4C)c3)nc(Oc3cc(C(=N)N)ccc3O)c2F)C(O)C1O. The minimum Gasteiger partial charge on any atom is -0.504 e. The summed E-state index contributed by atoms with van der Waals surface area (Å²) >= 11 is 0. The van der Waals surface area contributed by atoms with Crippen LogP contribution < -0.4 is 19.9 Å². The van der Waals surface area contributed by atoms with Gasteiger partial charge in [-0.15, -0.1) is 0 Å². The number of nitrogens with zero attached hydrogens (tertiary/aromatic N) is 3. The zero-order valence-electron chi connectivity index (χ0n) is 24.8. The predicted octanol–water partition coefficient (Wildman–Crippen LogP) is 1.85. The summed E-state index contributed by atoms with van der Waals surface area (Å²) in [6.45, 7) is 2.23. The number of ether oxygens (including phenoxy) is 5. The fraction of sp³-hybridized carbons (Fsp3) is 0.367. The monoisotopic (exact) mass is 645 g/mol. The average molecular weight is 646 g/mol. The van der Waals surface area contributed by atoms with Crippen LogP contribution in [0.2, 0.25) is 0 Å². The van der Waals surface area contributed by atoms with E-state index < -0.39 is 78.0 Å². The quantitative estimate of drug-likeness (QED) is 0.131. The van der Waals surface area contributed by atoms with Gasteiger partial charge in [0.1, 0.15) is 35.7 Å². The molecule has 2 aliphatic heterocycles. The summed E-state index contributed by atoms with van der Waals surface area (Å²) in [6.07, 6.45) is -8.00. The molecule has 0 radical (unpaired) electrons. The molecule has 0 aliphatic carbocycles. The summed E-state index contributed by atoms with van der Waals surface area (Å²) in [4.78, 5) is 10.2. The molecule has 3 aromatic rings. The fourth-order valence-corrected chi connectivity index (χ4v) is 4.88. The number of hydrogen-bond acceptors (Lipinski definition) is 13. The highest BCUT2D eigenvalue weighted by Gasteiger charge is 2.47. The van der Waals surface area contributed by atoms with Gasteiger partial charge >= 0.3 is 0 Å². The second-order valence-corrected chi connectivity index (χ2v) is 10.4. The van der Waals surface area contributed by atoms with Crippen LogP contribution in [-0.2, 0) is 9.47 Å². The Balaban J connectivity index is 1.56. The van der Waals surface area contributed by atoms with Crippen molar-refractivity contribution >= 4 is 11.7 Å². The van der Waals surface area contributed by atoms with Gasteiger partial charge in [-0.1, -0.05) is 12.1 Å². The molecule has 1 saturated heterocycles. The lowest BCUT2D eigenvalue weighted by Gasteiger charge is -2.41. The third-order valence-electron chi connectivity index (χ3n) is 7.23.